The molecule has 0 saturated heterocycles. The van der Waals surface area contributed by atoms with E-state index in [1.54, 1.807) is 19.1 Å². The molecule has 1 N–H and O–H groups in total. The Bertz CT molecular complexity index is 315. The highest BCUT2D eigenvalue weighted by atomic mass is 79.9. The summed E-state index contributed by atoms with van der Waals surface area (Å²) in [4.78, 5) is 0. The largest absolute Gasteiger partial charge is 0.493 e. The van der Waals surface area contributed by atoms with Crippen molar-refractivity contribution in [1.82, 2.24) is 0 Å². The molecule has 1 aromatic carbocycles. The van der Waals surface area contributed by atoms with Crippen LogP contribution in [0.5, 0.6) is 5.75 Å². The molecule has 0 aliphatic heterocycles. The maximum absolute atomic E-state index is 11.9. The van der Waals surface area contributed by atoms with Gasteiger partial charge in [-0.05, 0) is 25.1 Å². The van der Waals surface area contributed by atoms with E-state index in [1.807, 2.05) is 6.07 Å². The van der Waals surface area contributed by atoms with Crippen LogP contribution >= 0.6 is 15.9 Å². The van der Waals surface area contributed by atoms with E-state index in [2.05, 4.69) is 15.9 Å². The number of alkyl halides is 1. The van der Waals surface area contributed by atoms with Crippen molar-refractivity contribution in [2.75, 3.05) is 13.3 Å². The monoisotopic (exact) mass is 276 g/mol. The van der Waals surface area contributed by atoms with Crippen LogP contribution in [-0.2, 0) is 0 Å². The van der Waals surface area contributed by atoms with E-state index in [0.29, 0.717) is 24.3 Å². The maximum atomic E-state index is 11.9. The van der Waals surface area contributed by atoms with E-state index in [4.69, 9.17) is 4.74 Å². The molecule has 0 bridgehead atoms. The first-order valence-electron chi connectivity index (χ1n) is 4.81. The van der Waals surface area contributed by atoms with Gasteiger partial charge in [-0.1, -0.05) is 15.9 Å². The van der Waals surface area contributed by atoms with Gasteiger partial charge in [-0.3, -0.25) is 4.39 Å². The minimum atomic E-state index is -0.595. The Kier molecular flexibility index (Phi) is 5.05. The molecular formula is C11H14BrFO2. The quantitative estimate of drug-likeness (QED) is 0.837. The smallest absolute Gasteiger partial charge is 0.125 e. The van der Waals surface area contributed by atoms with Crippen molar-refractivity contribution in [1.29, 1.82) is 0 Å². The van der Waals surface area contributed by atoms with Crippen molar-refractivity contribution in [3.8, 4) is 5.75 Å². The van der Waals surface area contributed by atoms with E-state index in [1.165, 1.54) is 0 Å². The second-order valence-corrected chi connectivity index (χ2v) is 4.16. The number of hydrogen-bond acceptors (Lipinski definition) is 2. The lowest BCUT2D eigenvalue weighted by atomic mass is 10.1. The molecular weight excluding hydrogens is 263 g/mol. The van der Waals surface area contributed by atoms with Crippen molar-refractivity contribution >= 4 is 15.9 Å². The molecule has 0 aliphatic carbocycles. The molecule has 1 atom stereocenters. The average molecular weight is 277 g/mol. The number of aliphatic hydroxyl groups excluding tert-OH is 1. The lowest BCUT2D eigenvalue weighted by Gasteiger charge is -2.13. The van der Waals surface area contributed by atoms with Crippen molar-refractivity contribution in [2.24, 2.45) is 0 Å². The van der Waals surface area contributed by atoms with Gasteiger partial charge in [0.15, 0.2) is 0 Å². The zero-order valence-electron chi connectivity index (χ0n) is 8.54. The highest BCUT2D eigenvalue weighted by Gasteiger charge is 2.09. The first-order chi connectivity index (χ1) is 7.15. The summed E-state index contributed by atoms with van der Waals surface area (Å²) >= 11 is 3.32. The van der Waals surface area contributed by atoms with E-state index in [0.717, 1.165) is 4.47 Å². The summed E-state index contributed by atoms with van der Waals surface area (Å²) < 4.78 is 18.1. The van der Waals surface area contributed by atoms with Crippen LogP contribution < -0.4 is 4.74 Å². The molecule has 0 radical (unpaired) electrons. The van der Waals surface area contributed by atoms with Crippen LogP contribution in [-0.4, -0.2) is 18.4 Å². The average Bonchev–Trinajstić information content (AvgIpc) is 2.20. The van der Waals surface area contributed by atoms with Gasteiger partial charge in [-0.2, -0.15) is 0 Å². The number of ether oxygens (including phenoxy) is 1. The van der Waals surface area contributed by atoms with Gasteiger partial charge < -0.3 is 9.84 Å². The molecule has 1 rings (SSSR count). The van der Waals surface area contributed by atoms with Crippen LogP contribution in [0.25, 0.3) is 0 Å². The molecule has 1 aromatic rings. The summed E-state index contributed by atoms with van der Waals surface area (Å²) in [6.07, 6.45) is -0.224. The van der Waals surface area contributed by atoms with Crippen LogP contribution in [0.15, 0.2) is 22.7 Å². The number of benzene rings is 1. The van der Waals surface area contributed by atoms with Crippen molar-refractivity contribution in [2.45, 2.75) is 19.4 Å². The summed E-state index contributed by atoms with van der Waals surface area (Å²) in [6, 6.07) is 5.40. The molecule has 0 aromatic heterocycles. The predicted molar refractivity (Wildman–Crippen MR) is 60.9 cm³/mol. The van der Waals surface area contributed by atoms with Crippen LogP contribution in [0.1, 0.15) is 25.0 Å². The normalized spacial score (nSPS) is 12.5. The minimum absolute atomic E-state index is 0.331. The van der Waals surface area contributed by atoms with Gasteiger partial charge in [0.25, 0.3) is 0 Å². The van der Waals surface area contributed by atoms with Gasteiger partial charge in [0.2, 0.25) is 0 Å². The number of aliphatic hydroxyl groups is 1. The third-order valence-corrected chi connectivity index (χ3v) is 2.45. The molecule has 15 heavy (non-hydrogen) atoms. The lowest BCUT2D eigenvalue weighted by molar-refractivity contribution is 0.190. The molecule has 0 fully saturated rings. The highest BCUT2D eigenvalue weighted by molar-refractivity contribution is 9.10. The fourth-order valence-electron chi connectivity index (χ4n) is 1.21. The first kappa shape index (κ1) is 12.5. The summed E-state index contributed by atoms with van der Waals surface area (Å²) in [6.45, 7) is 1.61. The summed E-state index contributed by atoms with van der Waals surface area (Å²) in [5.74, 6) is 0.613. The highest BCUT2D eigenvalue weighted by Crippen LogP contribution is 2.28. The fraction of sp³-hybridized carbons (Fsp3) is 0.455. The molecule has 0 unspecified atom stereocenters. The van der Waals surface area contributed by atoms with Gasteiger partial charge in [0.05, 0.1) is 19.4 Å². The van der Waals surface area contributed by atoms with Gasteiger partial charge in [0, 0.05) is 16.5 Å². The molecule has 4 heteroatoms. The van der Waals surface area contributed by atoms with Crippen LogP contribution in [0.3, 0.4) is 0 Å². The second kappa shape index (κ2) is 6.08. The Morgan fingerprint density at radius 3 is 2.87 bits per heavy atom. The van der Waals surface area contributed by atoms with Gasteiger partial charge in [-0.25, -0.2) is 0 Å². The summed E-state index contributed by atoms with van der Waals surface area (Å²) in [5, 5.41) is 9.51. The van der Waals surface area contributed by atoms with Crippen LogP contribution in [0.4, 0.5) is 4.39 Å². The third kappa shape index (κ3) is 3.80. The molecule has 0 aliphatic rings. The van der Waals surface area contributed by atoms with Crippen molar-refractivity contribution < 1.29 is 14.2 Å². The molecule has 0 spiro atoms. The number of rotatable bonds is 5. The zero-order valence-corrected chi connectivity index (χ0v) is 10.1. The number of hydrogen-bond donors (Lipinski definition) is 1. The zero-order chi connectivity index (χ0) is 11.3. The van der Waals surface area contributed by atoms with Gasteiger partial charge >= 0.3 is 0 Å². The van der Waals surface area contributed by atoms with E-state index in [-0.39, 0.29) is 6.67 Å². The van der Waals surface area contributed by atoms with Gasteiger partial charge in [-0.15, -0.1) is 0 Å². The molecule has 2 nitrogen and oxygen atoms in total. The Morgan fingerprint density at radius 1 is 1.53 bits per heavy atom. The van der Waals surface area contributed by atoms with Crippen molar-refractivity contribution in [3.63, 3.8) is 0 Å². The second-order valence-electron chi connectivity index (χ2n) is 3.25. The van der Waals surface area contributed by atoms with E-state index in [9.17, 15) is 9.50 Å². The Balaban J connectivity index is 2.77. The maximum Gasteiger partial charge on any atom is 0.125 e. The minimum Gasteiger partial charge on any atom is -0.493 e. The Labute approximate surface area is 97.2 Å². The lowest BCUT2D eigenvalue weighted by Crippen LogP contribution is -2.02. The van der Waals surface area contributed by atoms with Crippen LogP contribution in [0.2, 0.25) is 0 Å². The number of halogens is 2. The summed E-state index contributed by atoms with van der Waals surface area (Å²) in [7, 11) is 0. The molecule has 84 valence electrons. The van der Waals surface area contributed by atoms with Crippen molar-refractivity contribution in [3.05, 3.63) is 28.2 Å². The van der Waals surface area contributed by atoms with E-state index >= 15 is 0 Å². The molecule has 0 heterocycles. The SMILES string of the molecule is C[C@H](O)c1cc(Br)ccc1OCCCF. The first-order valence-corrected chi connectivity index (χ1v) is 5.60. The topological polar surface area (TPSA) is 29.5 Å². The predicted octanol–water partition coefficient (Wildman–Crippen LogP) is 3.24. The van der Waals surface area contributed by atoms with Gasteiger partial charge in [0.1, 0.15) is 5.75 Å². The molecule has 0 saturated carbocycles. The third-order valence-electron chi connectivity index (χ3n) is 1.96. The van der Waals surface area contributed by atoms with Crippen LogP contribution in [0, 0.1) is 0 Å². The van der Waals surface area contributed by atoms with E-state index < -0.39 is 6.10 Å². The molecule has 0 amide bonds. The summed E-state index contributed by atoms with van der Waals surface area (Å²) in [5.41, 5.74) is 0.711. The fourth-order valence-corrected chi connectivity index (χ4v) is 1.59. The Hall–Kier alpha value is -0.610. The standard InChI is InChI=1S/C11H14BrFO2/c1-8(14)10-7-9(12)3-4-11(10)15-6-2-5-13/h3-4,7-8,14H,2,5-6H2,1H3/t8-/m0/s1. The Morgan fingerprint density at radius 2 is 2.27 bits per heavy atom.